The molecule has 0 spiro atoms. The second-order valence-electron chi connectivity index (χ2n) is 6.90. The zero-order valence-corrected chi connectivity index (χ0v) is 14.8. The van der Waals surface area contributed by atoms with Gasteiger partial charge in [0.2, 0.25) is 22.9 Å². The van der Waals surface area contributed by atoms with E-state index in [1.165, 1.54) is 11.3 Å². The number of amides is 3. The van der Waals surface area contributed by atoms with Crippen molar-refractivity contribution in [2.45, 2.75) is 32.6 Å². The minimum absolute atomic E-state index is 0.138. The third kappa shape index (κ3) is 2.78. The molecule has 8 heteroatoms. The Labute approximate surface area is 149 Å². The van der Waals surface area contributed by atoms with Gasteiger partial charge >= 0.3 is 0 Å². The van der Waals surface area contributed by atoms with E-state index in [0.29, 0.717) is 5.13 Å². The van der Waals surface area contributed by atoms with Crippen LogP contribution in [0.3, 0.4) is 0 Å². The number of carbonyl (C=O) groups is 3. The molecule has 4 atom stereocenters. The molecule has 1 aromatic heterocycles. The lowest BCUT2D eigenvalue weighted by molar-refractivity contribution is -0.142. The highest BCUT2D eigenvalue weighted by molar-refractivity contribution is 7.15. The number of fused-ring (bicyclic) bond motifs is 1. The highest BCUT2D eigenvalue weighted by atomic mass is 32.1. The lowest BCUT2D eigenvalue weighted by Crippen LogP contribution is -2.38. The molecular weight excluding hydrogens is 340 g/mol. The quantitative estimate of drug-likeness (QED) is 0.636. The third-order valence-corrected chi connectivity index (χ3v) is 6.23. The lowest BCUT2D eigenvalue weighted by atomic mass is 9.63. The summed E-state index contributed by atoms with van der Waals surface area (Å²) in [6.07, 6.45) is 7.81. The van der Waals surface area contributed by atoms with Crippen molar-refractivity contribution in [3.8, 4) is 0 Å². The van der Waals surface area contributed by atoms with Crippen LogP contribution in [0.15, 0.2) is 12.2 Å². The van der Waals surface area contributed by atoms with E-state index in [4.69, 9.17) is 0 Å². The molecule has 132 valence electrons. The number of carbonyl (C=O) groups excluding carboxylic acids is 3. The van der Waals surface area contributed by atoms with Crippen LogP contribution in [0.5, 0.6) is 0 Å². The Morgan fingerprint density at radius 3 is 2.40 bits per heavy atom. The Morgan fingerprint density at radius 1 is 1.20 bits per heavy atom. The molecule has 3 aliphatic carbocycles. The molecule has 5 rings (SSSR count). The van der Waals surface area contributed by atoms with Gasteiger partial charge in [-0.2, -0.15) is 0 Å². The maximum absolute atomic E-state index is 12.7. The standard InChI is InChI=1S/C17H20N4O3S/c1-2-3-12-19-20-17(25-12)18-11(22)8-21-15(23)13-9-4-5-10(7-6-9)14(13)16(21)24/h4-5,9-10,13-14H,2-3,6-8H2,1H3,(H,18,20,22)/t9-,10-,13-,14+/m0/s1. The Bertz CT molecular complexity index is 727. The first-order valence-corrected chi connectivity index (χ1v) is 9.56. The van der Waals surface area contributed by atoms with Crippen molar-refractivity contribution >= 4 is 34.2 Å². The number of hydrogen-bond donors (Lipinski definition) is 1. The van der Waals surface area contributed by atoms with Crippen molar-refractivity contribution in [3.63, 3.8) is 0 Å². The number of rotatable bonds is 5. The smallest absolute Gasteiger partial charge is 0.246 e. The van der Waals surface area contributed by atoms with Gasteiger partial charge in [-0.1, -0.05) is 30.4 Å². The first-order chi connectivity index (χ1) is 12.1. The summed E-state index contributed by atoms with van der Waals surface area (Å²) in [6.45, 7) is 1.80. The van der Waals surface area contributed by atoms with Gasteiger partial charge in [-0.3, -0.25) is 24.6 Å². The molecule has 7 nitrogen and oxygen atoms in total. The topological polar surface area (TPSA) is 92.3 Å². The highest BCUT2D eigenvalue weighted by Gasteiger charge is 2.56. The normalized spacial score (nSPS) is 30.0. The van der Waals surface area contributed by atoms with Crippen LogP contribution in [0.2, 0.25) is 0 Å². The summed E-state index contributed by atoms with van der Waals surface area (Å²) in [7, 11) is 0. The molecule has 0 aromatic carbocycles. The number of aromatic nitrogens is 2. The van der Waals surface area contributed by atoms with Gasteiger partial charge in [0.05, 0.1) is 11.8 Å². The van der Waals surface area contributed by atoms with Gasteiger partial charge in [0.15, 0.2) is 0 Å². The van der Waals surface area contributed by atoms with Gasteiger partial charge in [-0.05, 0) is 31.1 Å². The second kappa shape index (κ2) is 6.33. The molecule has 1 N–H and O–H groups in total. The summed E-state index contributed by atoms with van der Waals surface area (Å²) in [5.74, 6) is -1.08. The zero-order chi connectivity index (χ0) is 17.6. The molecule has 0 unspecified atom stereocenters. The maximum atomic E-state index is 12.7. The monoisotopic (exact) mass is 360 g/mol. The molecule has 1 aliphatic heterocycles. The Morgan fingerprint density at radius 2 is 1.84 bits per heavy atom. The summed E-state index contributed by atoms with van der Waals surface area (Å²) >= 11 is 1.32. The molecule has 0 radical (unpaired) electrons. The largest absolute Gasteiger partial charge is 0.299 e. The van der Waals surface area contributed by atoms with Crippen LogP contribution in [0.25, 0.3) is 0 Å². The van der Waals surface area contributed by atoms with Gasteiger partial charge in [-0.25, -0.2) is 0 Å². The SMILES string of the molecule is CCCc1nnc(NC(=O)CN2C(=O)[C@@H]3[C@H](C2=O)[C@H]2C=C[C@H]3CC2)s1. The fourth-order valence-electron chi connectivity index (χ4n) is 4.21. The molecule has 2 fully saturated rings. The third-order valence-electron chi connectivity index (χ3n) is 5.33. The van der Waals surface area contributed by atoms with Gasteiger partial charge in [-0.15, -0.1) is 10.2 Å². The van der Waals surface area contributed by atoms with E-state index in [0.717, 1.165) is 35.6 Å². The van der Waals surface area contributed by atoms with Gasteiger partial charge in [0.25, 0.3) is 0 Å². The van der Waals surface area contributed by atoms with Crippen LogP contribution >= 0.6 is 11.3 Å². The van der Waals surface area contributed by atoms with Crippen molar-refractivity contribution in [1.82, 2.24) is 15.1 Å². The minimum atomic E-state index is -0.403. The van der Waals surface area contributed by atoms with E-state index in [1.54, 1.807) is 0 Å². The van der Waals surface area contributed by atoms with E-state index in [-0.39, 0.29) is 42.0 Å². The van der Waals surface area contributed by atoms with Crippen molar-refractivity contribution in [3.05, 3.63) is 17.2 Å². The van der Waals surface area contributed by atoms with Crippen LogP contribution < -0.4 is 5.32 Å². The number of likely N-dealkylation sites (tertiary alicyclic amines) is 1. The van der Waals surface area contributed by atoms with E-state index >= 15 is 0 Å². The van der Waals surface area contributed by atoms with Crippen LogP contribution in [0, 0.1) is 23.7 Å². The molecule has 1 aromatic rings. The summed E-state index contributed by atoms with van der Waals surface area (Å²) in [5.41, 5.74) is 0. The van der Waals surface area contributed by atoms with E-state index < -0.39 is 5.91 Å². The summed E-state index contributed by atoms with van der Waals surface area (Å²) in [4.78, 5) is 38.8. The average Bonchev–Trinajstić information content (AvgIpc) is 3.15. The minimum Gasteiger partial charge on any atom is -0.299 e. The van der Waals surface area contributed by atoms with Gasteiger partial charge < -0.3 is 0 Å². The number of allylic oxidation sites excluding steroid dienone is 2. The number of imide groups is 1. The predicted molar refractivity (Wildman–Crippen MR) is 91.6 cm³/mol. The van der Waals surface area contributed by atoms with Crippen molar-refractivity contribution in [2.75, 3.05) is 11.9 Å². The predicted octanol–water partition coefficient (Wildman–Crippen LogP) is 1.63. The van der Waals surface area contributed by atoms with Gasteiger partial charge in [0.1, 0.15) is 11.6 Å². The number of nitrogens with one attached hydrogen (secondary N) is 1. The molecule has 2 bridgehead atoms. The Kier molecular flexibility index (Phi) is 4.15. The van der Waals surface area contributed by atoms with Crippen LogP contribution in [-0.2, 0) is 20.8 Å². The molecule has 2 heterocycles. The summed E-state index contributed by atoms with van der Waals surface area (Å²) in [6, 6.07) is 0. The molecule has 25 heavy (non-hydrogen) atoms. The Hall–Kier alpha value is -2.09. The number of hydrogen-bond acceptors (Lipinski definition) is 6. The van der Waals surface area contributed by atoms with Crippen LogP contribution in [0.1, 0.15) is 31.2 Å². The summed E-state index contributed by atoms with van der Waals surface area (Å²) < 4.78 is 0. The van der Waals surface area contributed by atoms with Crippen molar-refractivity contribution in [1.29, 1.82) is 0 Å². The molecule has 4 aliphatic rings. The lowest BCUT2D eigenvalue weighted by Gasteiger charge is -2.38. The van der Waals surface area contributed by atoms with E-state index in [2.05, 4.69) is 27.7 Å². The van der Waals surface area contributed by atoms with Crippen molar-refractivity contribution in [2.24, 2.45) is 23.7 Å². The second-order valence-corrected chi connectivity index (χ2v) is 7.97. The molecule has 3 amide bonds. The first kappa shape index (κ1) is 16.4. The number of nitrogens with zero attached hydrogens (tertiary/aromatic N) is 3. The molecule has 1 saturated heterocycles. The average molecular weight is 360 g/mol. The highest BCUT2D eigenvalue weighted by Crippen LogP contribution is 2.49. The fraction of sp³-hybridized carbons (Fsp3) is 0.588. The first-order valence-electron chi connectivity index (χ1n) is 8.74. The van der Waals surface area contributed by atoms with Crippen molar-refractivity contribution < 1.29 is 14.4 Å². The van der Waals surface area contributed by atoms with Crippen LogP contribution in [0.4, 0.5) is 5.13 Å². The van der Waals surface area contributed by atoms with E-state index in [1.807, 2.05) is 6.92 Å². The van der Waals surface area contributed by atoms with E-state index in [9.17, 15) is 14.4 Å². The maximum Gasteiger partial charge on any atom is 0.246 e. The molecule has 1 saturated carbocycles. The van der Waals surface area contributed by atoms with Gasteiger partial charge in [0, 0.05) is 6.42 Å². The number of aryl methyl sites for hydroxylation is 1. The summed E-state index contributed by atoms with van der Waals surface area (Å²) in [5, 5.41) is 11.9. The fourth-order valence-corrected chi connectivity index (χ4v) is 5.07. The van der Waals surface area contributed by atoms with Crippen LogP contribution in [-0.4, -0.2) is 39.4 Å². The molecular formula is C17H20N4O3S. The zero-order valence-electron chi connectivity index (χ0n) is 14.0. The number of anilines is 1. The Balaban J connectivity index is 1.43.